The first kappa shape index (κ1) is 9.12. The monoisotopic (exact) mass is 201 g/mol. The van der Waals surface area contributed by atoms with Gasteiger partial charge in [0.1, 0.15) is 0 Å². The van der Waals surface area contributed by atoms with E-state index in [1.165, 1.54) is 11.3 Å². The number of hydrogen-bond donors (Lipinski definition) is 1. The summed E-state index contributed by atoms with van der Waals surface area (Å²) in [6.45, 7) is 2.89. The van der Waals surface area contributed by atoms with Crippen LogP contribution < -0.4 is 5.73 Å². The highest BCUT2D eigenvalue weighted by Gasteiger charge is 2.25. The van der Waals surface area contributed by atoms with Crippen LogP contribution in [0.1, 0.15) is 22.1 Å². The van der Waals surface area contributed by atoms with Crippen molar-refractivity contribution in [1.29, 1.82) is 0 Å². The lowest BCUT2D eigenvalue weighted by Crippen LogP contribution is -2.22. The van der Waals surface area contributed by atoms with Crippen molar-refractivity contribution in [3.05, 3.63) is 21.1 Å². The fourth-order valence-electron chi connectivity index (χ4n) is 1.72. The smallest absolute Gasteiger partial charge is 0.179 e. The predicted octanol–water partition coefficient (Wildman–Crippen LogP) is 1.77. The number of thiophene rings is 1. The minimum Gasteiger partial charge on any atom is -0.372 e. The summed E-state index contributed by atoms with van der Waals surface area (Å²) >= 11 is 1.23. The maximum atomic E-state index is 13.2. The molecule has 1 atom stereocenters. The number of rotatable bonds is 1. The number of fused-ring (bicyclic) bond motifs is 1. The Hall–Kier alpha value is -0.450. The van der Waals surface area contributed by atoms with Crippen LogP contribution in [0.15, 0.2) is 0 Å². The van der Waals surface area contributed by atoms with Gasteiger partial charge < -0.3 is 10.5 Å². The third-order valence-corrected chi connectivity index (χ3v) is 3.55. The Bertz CT molecular complexity index is 324. The molecule has 0 saturated heterocycles. The molecule has 0 aliphatic carbocycles. The largest absolute Gasteiger partial charge is 0.372 e. The number of ether oxygens (including phenoxy) is 1. The zero-order valence-electron chi connectivity index (χ0n) is 7.47. The molecule has 2 rings (SSSR count). The molecule has 2 heterocycles. The molecule has 0 amide bonds. The van der Waals surface area contributed by atoms with Gasteiger partial charge in [-0.05, 0) is 6.92 Å². The summed E-state index contributed by atoms with van der Waals surface area (Å²) in [6.07, 6.45) is 0.728. The van der Waals surface area contributed by atoms with E-state index in [0.29, 0.717) is 13.2 Å². The van der Waals surface area contributed by atoms with Crippen LogP contribution in [0.5, 0.6) is 0 Å². The molecule has 1 aliphatic rings. The lowest BCUT2D eigenvalue weighted by molar-refractivity contribution is 0.0492. The van der Waals surface area contributed by atoms with Gasteiger partial charge in [-0.25, -0.2) is 0 Å². The Morgan fingerprint density at radius 2 is 2.46 bits per heavy atom. The van der Waals surface area contributed by atoms with Gasteiger partial charge in [0.15, 0.2) is 5.13 Å². The maximum Gasteiger partial charge on any atom is 0.179 e. The Morgan fingerprint density at radius 3 is 3.15 bits per heavy atom. The lowest BCUT2D eigenvalue weighted by atomic mass is 10.0. The lowest BCUT2D eigenvalue weighted by Gasteiger charge is -2.22. The highest BCUT2D eigenvalue weighted by atomic mass is 32.1. The van der Waals surface area contributed by atoms with Gasteiger partial charge in [-0.2, -0.15) is 4.39 Å². The van der Waals surface area contributed by atoms with Gasteiger partial charge in [-0.15, -0.1) is 11.3 Å². The fraction of sp³-hybridized carbons (Fsp3) is 0.556. The van der Waals surface area contributed by atoms with Gasteiger partial charge in [-0.3, -0.25) is 0 Å². The van der Waals surface area contributed by atoms with E-state index in [1.54, 1.807) is 6.92 Å². The molecule has 4 heteroatoms. The van der Waals surface area contributed by atoms with E-state index < -0.39 is 0 Å². The standard InChI is InChI=1S/C9H12FNOS/c1-5-8-6(4-11)12-3-2-7(8)13-9(5)10/h6H,2-4,11H2,1H3. The molecule has 1 unspecified atom stereocenters. The molecule has 0 spiro atoms. The van der Waals surface area contributed by atoms with Crippen molar-refractivity contribution in [2.24, 2.45) is 5.73 Å². The fourth-order valence-corrected chi connectivity index (χ4v) is 2.78. The molecule has 1 aromatic rings. The Kier molecular flexibility index (Phi) is 2.36. The zero-order valence-corrected chi connectivity index (χ0v) is 8.29. The van der Waals surface area contributed by atoms with E-state index in [-0.39, 0.29) is 11.2 Å². The van der Waals surface area contributed by atoms with Crippen LogP contribution in [0.4, 0.5) is 4.39 Å². The topological polar surface area (TPSA) is 35.2 Å². The molecule has 1 aromatic heterocycles. The van der Waals surface area contributed by atoms with E-state index in [4.69, 9.17) is 10.5 Å². The second-order valence-electron chi connectivity index (χ2n) is 3.18. The maximum absolute atomic E-state index is 13.2. The highest BCUT2D eigenvalue weighted by molar-refractivity contribution is 7.10. The molecule has 0 fully saturated rings. The van der Waals surface area contributed by atoms with Crippen molar-refractivity contribution in [2.75, 3.05) is 13.2 Å². The van der Waals surface area contributed by atoms with Gasteiger partial charge in [0.2, 0.25) is 0 Å². The Balaban J connectivity index is 2.47. The summed E-state index contributed by atoms with van der Waals surface area (Å²) in [7, 11) is 0. The zero-order chi connectivity index (χ0) is 9.42. The third kappa shape index (κ3) is 1.39. The second-order valence-corrected chi connectivity index (χ2v) is 4.24. The molecular formula is C9H12FNOS. The van der Waals surface area contributed by atoms with E-state index in [2.05, 4.69) is 0 Å². The third-order valence-electron chi connectivity index (χ3n) is 2.40. The van der Waals surface area contributed by atoms with Crippen molar-refractivity contribution >= 4 is 11.3 Å². The van der Waals surface area contributed by atoms with E-state index >= 15 is 0 Å². The van der Waals surface area contributed by atoms with Crippen LogP contribution in [0.2, 0.25) is 0 Å². The van der Waals surface area contributed by atoms with Crippen molar-refractivity contribution < 1.29 is 9.13 Å². The summed E-state index contributed by atoms with van der Waals surface area (Å²) in [5.74, 6) is 0. The van der Waals surface area contributed by atoms with E-state index in [1.807, 2.05) is 0 Å². The van der Waals surface area contributed by atoms with Crippen molar-refractivity contribution in [2.45, 2.75) is 19.4 Å². The van der Waals surface area contributed by atoms with Crippen molar-refractivity contribution in [3.63, 3.8) is 0 Å². The molecule has 13 heavy (non-hydrogen) atoms. The summed E-state index contributed by atoms with van der Waals surface area (Å²) in [5.41, 5.74) is 7.27. The predicted molar refractivity (Wildman–Crippen MR) is 50.5 cm³/mol. The molecule has 2 N–H and O–H groups in total. The molecule has 0 radical (unpaired) electrons. The average Bonchev–Trinajstić information content (AvgIpc) is 2.43. The number of hydrogen-bond acceptors (Lipinski definition) is 3. The highest BCUT2D eigenvalue weighted by Crippen LogP contribution is 2.36. The second kappa shape index (κ2) is 3.36. The summed E-state index contributed by atoms with van der Waals surface area (Å²) in [6, 6.07) is 0. The van der Waals surface area contributed by atoms with Crippen LogP contribution in [0.25, 0.3) is 0 Å². The van der Waals surface area contributed by atoms with Crippen LogP contribution in [0, 0.1) is 12.1 Å². The molecular weight excluding hydrogens is 189 g/mol. The van der Waals surface area contributed by atoms with Gasteiger partial charge in [-0.1, -0.05) is 0 Å². The van der Waals surface area contributed by atoms with E-state index in [0.717, 1.165) is 22.4 Å². The van der Waals surface area contributed by atoms with Gasteiger partial charge in [0.05, 0.1) is 12.7 Å². The van der Waals surface area contributed by atoms with Crippen molar-refractivity contribution in [1.82, 2.24) is 0 Å². The minimum atomic E-state index is -0.0931. The summed E-state index contributed by atoms with van der Waals surface area (Å²) in [4.78, 5) is 1.11. The first-order valence-electron chi connectivity index (χ1n) is 4.33. The normalized spacial score (nSPS) is 21.6. The quantitative estimate of drug-likeness (QED) is 0.751. The molecule has 1 aliphatic heterocycles. The molecule has 0 bridgehead atoms. The summed E-state index contributed by atoms with van der Waals surface area (Å²) in [5, 5.41) is -0.0889. The van der Waals surface area contributed by atoms with Crippen LogP contribution >= 0.6 is 11.3 Å². The molecule has 2 nitrogen and oxygen atoms in total. The molecule has 0 saturated carbocycles. The van der Waals surface area contributed by atoms with Gasteiger partial charge >= 0.3 is 0 Å². The first-order chi connectivity index (χ1) is 6.24. The molecule has 72 valence electrons. The Labute approximate surface area is 80.5 Å². The number of nitrogens with two attached hydrogens (primary N) is 1. The van der Waals surface area contributed by atoms with Gasteiger partial charge in [0.25, 0.3) is 0 Å². The number of halogens is 1. The average molecular weight is 201 g/mol. The van der Waals surface area contributed by atoms with Crippen molar-refractivity contribution in [3.8, 4) is 0 Å². The van der Waals surface area contributed by atoms with Crippen LogP contribution in [-0.4, -0.2) is 13.2 Å². The Morgan fingerprint density at radius 1 is 1.69 bits per heavy atom. The summed E-state index contributed by atoms with van der Waals surface area (Å²) < 4.78 is 18.7. The minimum absolute atomic E-state index is 0.0889. The molecule has 0 aromatic carbocycles. The SMILES string of the molecule is Cc1c(F)sc2c1C(CN)OCC2. The first-order valence-corrected chi connectivity index (χ1v) is 5.15. The van der Waals surface area contributed by atoms with E-state index in [9.17, 15) is 4.39 Å². The van der Waals surface area contributed by atoms with Crippen LogP contribution in [-0.2, 0) is 11.2 Å². The van der Waals surface area contributed by atoms with Gasteiger partial charge in [0, 0.05) is 29.0 Å². The van der Waals surface area contributed by atoms with Crippen LogP contribution in [0.3, 0.4) is 0 Å².